The van der Waals surface area contributed by atoms with E-state index in [-0.39, 0.29) is 34.8 Å². The molecule has 2 heterocycles. The quantitative estimate of drug-likeness (QED) is 0.0926. The standard InChI is InChI=1S/C46H47ClN6O6S/c1-31(38-9-3-4-10-39(38)33-13-15-34(47)16-14-33)51-25-27-52(28-26-51)36-17-19-41(45(29-36)59-44-12-6-8-32-7-5-11-40(32)44)46(54)49-60(57,58)37-18-20-42(43(30-37)53(55)56)48-35-21-23-50(2)24-22-35/h3-6,8-20,29-31,35,48H,7,21-28H2,1-2H3,(H,49,54). The monoisotopic (exact) mass is 846 g/mol. The molecule has 60 heavy (non-hydrogen) atoms. The number of ether oxygens (including phenoxy) is 1. The highest BCUT2D eigenvalue weighted by atomic mass is 35.5. The van der Waals surface area contributed by atoms with Gasteiger partial charge in [0.15, 0.2) is 0 Å². The summed E-state index contributed by atoms with van der Waals surface area (Å²) in [6.45, 7) is 6.89. The van der Waals surface area contributed by atoms with Gasteiger partial charge in [-0.15, -0.1) is 0 Å². The zero-order valence-electron chi connectivity index (χ0n) is 33.5. The van der Waals surface area contributed by atoms with Gasteiger partial charge in [0.05, 0.1) is 15.4 Å². The molecule has 1 unspecified atom stereocenters. The first kappa shape index (κ1) is 41.0. The van der Waals surface area contributed by atoms with Crippen LogP contribution in [0.1, 0.15) is 52.9 Å². The highest BCUT2D eigenvalue weighted by Crippen LogP contribution is 2.38. The molecule has 5 aromatic carbocycles. The number of allylic oxidation sites excluding steroid dienone is 1. The van der Waals surface area contributed by atoms with Gasteiger partial charge in [-0.25, -0.2) is 13.1 Å². The molecule has 310 valence electrons. The molecule has 1 atom stereocenters. The lowest BCUT2D eigenvalue weighted by Gasteiger charge is -2.40. The summed E-state index contributed by atoms with van der Waals surface area (Å²) in [5.41, 5.74) is 6.15. The molecular formula is C46H47ClN6O6S. The Hall–Kier alpha value is -5.73. The topological polar surface area (TPSA) is 137 Å². The molecule has 0 spiro atoms. The van der Waals surface area contributed by atoms with Crippen molar-refractivity contribution < 1.29 is 22.9 Å². The van der Waals surface area contributed by atoms with Gasteiger partial charge in [-0.3, -0.25) is 19.8 Å². The minimum Gasteiger partial charge on any atom is -0.456 e. The van der Waals surface area contributed by atoms with Gasteiger partial charge in [0.25, 0.3) is 21.6 Å². The maximum Gasteiger partial charge on any atom is 0.293 e. The molecule has 0 bridgehead atoms. The number of nitro benzene ring substituents is 1. The van der Waals surface area contributed by atoms with E-state index in [2.05, 4.69) is 55.9 Å². The Kier molecular flexibility index (Phi) is 11.9. The Balaban J connectivity index is 1.02. The summed E-state index contributed by atoms with van der Waals surface area (Å²) in [6.07, 6.45) is 6.36. The lowest BCUT2D eigenvalue weighted by atomic mass is 9.94. The van der Waals surface area contributed by atoms with Gasteiger partial charge >= 0.3 is 0 Å². The summed E-state index contributed by atoms with van der Waals surface area (Å²) in [5.74, 6) is -0.198. The van der Waals surface area contributed by atoms with Gasteiger partial charge < -0.3 is 19.9 Å². The number of fused-ring (bicyclic) bond motifs is 1. The summed E-state index contributed by atoms with van der Waals surface area (Å²) < 4.78 is 36.1. The summed E-state index contributed by atoms with van der Waals surface area (Å²) in [7, 11) is -2.51. The first-order chi connectivity index (χ1) is 28.9. The maximum atomic E-state index is 14.0. The third-order valence-electron chi connectivity index (χ3n) is 11.8. The fourth-order valence-electron chi connectivity index (χ4n) is 8.33. The zero-order chi connectivity index (χ0) is 42.0. The van der Waals surface area contributed by atoms with Crippen LogP contribution in [0.4, 0.5) is 17.1 Å². The predicted molar refractivity (Wildman–Crippen MR) is 237 cm³/mol. The minimum absolute atomic E-state index is 0.00280. The number of sulfonamides is 1. The van der Waals surface area contributed by atoms with E-state index in [1.54, 1.807) is 18.2 Å². The van der Waals surface area contributed by atoms with Gasteiger partial charge in [0, 0.05) is 66.7 Å². The van der Waals surface area contributed by atoms with Crippen molar-refractivity contribution in [3.05, 3.63) is 147 Å². The van der Waals surface area contributed by atoms with Crippen LogP contribution in [0, 0.1) is 10.1 Å². The Morgan fingerprint density at radius 3 is 2.38 bits per heavy atom. The number of rotatable bonds is 12. The third-order valence-corrected chi connectivity index (χ3v) is 13.4. The van der Waals surface area contributed by atoms with Crippen molar-refractivity contribution in [2.45, 2.75) is 43.2 Å². The molecule has 8 rings (SSSR count). The molecule has 12 nitrogen and oxygen atoms in total. The summed E-state index contributed by atoms with van der Waals surface area (Å²) in [6, 6.07) is 31.0. The van der Waals surface area contributed by atoms with E-state index in [0.29, 0.717) is 23.9 Å². The molecule has 1 aliphatic carbocycles. The van der Waals surface area contributed by atoms with E-state index in [1.807, 2.05) is 61.7 Å². The molecule has 1 amide bonds. The lowest BCUT2D eigenvalue weighted by Crippen LogP contribution is -2.47. The normalized spacial score (nSPS) is 16.6. The van der Waals surface area contributed by atoms with Crippen LogP contribution in [0.25, 0.3) is 17.2 Å². The number of likely N-dealkylation sites (tertiary alicyclic amines) is 1. The molecule has 5 aromatic rings. The van der Waals surface area contributed by atoms with Crippen LogP contribution < -0.4 is 19.7 Å². The Labute approximate surface area is 355 Å². The van der Waals surface area contributed by atoms with Crippen molar-refractivity contribution in [2.75, 3.05) is 56.5 Å². The van der Waals surface area contributed by atoms with E-state index >= 15 is 0 Å². The van der Waals surface area contributed by atoms with E-state index in [0.717, 1.165) is 73.9 Å². The number of amides is 1. The second kappa shape index (κ2) is 17.5. The number of benzene rings is 5. The van der Waals surface area contributed by atoms with Crippen molar-refractivity contribution >= 4 is 50.7 Å². The highest BCUT2D eigenvalue weighted by Gasteiger charge is 2.29. The zero-order valence-corrected chi connectivity index (χ0v) is 35.1. The van der Waals surface area contributed by atoms with Crippen LogP contribution in [0.5, 0.6) is 11.5 Å². The van der Waals surface area contributed by atoms with E-state index in [1.165, 1.54) is 23.3 Å². The number of carbonyl (C=O) groups is 1. The molecule has 14 heteroatoms. The number of piperidine rings is 1. The first-order valence-electron chi connectivity index (χ1n) is 20.2. The van der Waals surface area contributed by atoms with Crippen LogP contribution >= 0.6 is 11.6 Å². The highest BCUT2D eigenvalue weighted by molar-refractivity contribution is 7.90. The second-order valence-electron chi connectivity index (χ2n) is 15.6. The van der Waals surface area contributed by atoms with Gasteiger partial charge in [-0.05, 0) is 111 Å². The number of piperazine rings is 1. The van der Waals surface area contributed by atoms with Crippen molar-refractivity contribution in [3.63, 3.8) is 0 Å². The smallest absolute Gasteiger partial charge is 0.293 e. The van der Waals surface area contributed by atoms with Crippen LogP contribution in [0.15, 0.2) is 114 Å². The Bertz CT molecular complexity index is 2550. The number of nitrogens with zero attached hydrogens (tertiary/aromatic N) is 4. The van der Waals surface area contributed by atoms with Crippen LogP contribution in [0.2, 0.25) is 5.02 Å². The van der Waals surface area contributed by atoms with Gasteiger partial charge in [-0.1, -0.05) is 72.3 Å². The average molecular weight is 847 g/mol. The average Bonchev–Trinajstić information content (AvgIpc) is 3.75. The van der Waals surface area contributed by atoms with E-state index in [4.69, 9.17) is 16.3 Å². The largest absolute Gasteiger partial charge is 0.456 e. The number of hydrogen-bond donors (Lipinski definition) is 2. The second-order valence-corrected chi connectivity index (χ2v) is 17.7. The number of nitrogens with one attached hydrogen (secondary N) is 2. The summed E-state index contributed by atoms with van der Waals surface area (Å²) in [5, 5.41) is 16.1. The molecule has 0 saturated carbocycles. The SMILES string of the molecule is CC(c1ccccc1-c1ccc(Cl)cc1)N1CCN(c2ccc(C(=O)NS(=O)(=O)c3ccc(NC4CCN(C)CC4)c([N+](=O)[O-])c3)c(Oc3cccc4c3C=CC4)c2)CC1. The van der Waals surface area contributed by atoms with Crippen LogP contribution in [0.3, 0.4) is 0 Å². The molecule has 2 aliphatic heterocycles. The molecule has 3 aliphatic rings. The molecular weight excluding hydrogens is 800 g/mol. The fraction of sp³-hybridized carbons (Fsp3) is 0.283. The van der Waals surface area contributed by atoms with Crippen molar-refractivity contribution in [1.29, 1.82) is 0 Å². The molecule has 2 saturated heterocycles. The van der Waals surface area contributed by atoms with Crippen LogP contribution in [-0.2, 0) is 16.4 Å². The van der Waals surface area contributed by atoms with Crippen molar-refractivity contribution in [2.24, 2.45) is 0 Å². The van der Waals surface area contributed by atoms with Gasteiger partial charge in [0.1, 0.15) is 17.2 Å². The van der Waals surface area contributed by atoms with Crippen molar-refractivity contribution in [1.82, 2.24) is 14.5 Å². The predicted octanol–water partition coefficient (Wildman–Crippen LogP) is 8.78. The first-order valence-corrected chi connectivity index (χ1v) is 22.0. The Morgan fingerprint density at radius 2 is 1.63 bits per heavy atom. The summed E-state index contributed by atoms with van der Waals surface area (Å²) in [4.78, 5) is 32.0. The molecule has 0 radical (unpaired) electrons. The van der Waals surface area contributed by atoms with Crippen LogP contribution in [-0.4, -0.2) is 81.4 Å². The number of halogens is 1. The van der Waals surface area contributed by atoms with Crippen molar-refractivity contribution in [3.8, 4) is 22.6 Å². The number of anilines is 2. The third kappa shape index (κ3) is 8.90. The van der Waals surface area contributed by atoms with Gasteiger partial charge in [0.2, 0.25) is 0 Å². The van der Waals surface area contributed by atoms with E-state index < -0.39 is 25.7 Å². The lowest BCUT2D eigenvalue weighted by molar-refractivity contribution is -0.384. The van der Waals surface area contributed by atoms with Gasteiger partial charge in [-0.2, -0.15) is 0 Å². The molecule has 2 N–H and O–H groups in total. The molecule has 2 fully saturated rings. The minimum atomic E-state index is -4.54. The fourth-order valence-corrected chi connectivity index (χ4v) is 9.44. The Morgan fingerprint density at radius 1 is 0.883 bits per heavy atom. The number of carbonyl (C=O) groups excluding carboxylic acids is 1. The number of nitro groups is 1. The number of hydrogen-bond acceptors (Lipinski definition) is 10. The van der Waals surface area contributed by atoms with E-state index in [9.17, 15) is 23.3 Å². The molecule has 0 aromatic heterocycles. The maximum absolute atomic E-state index is 14.0. The summed E-state index contributed by atoms with van der Waals surface area (Å²) >= 11 is 6.19.